The van der Waals surface area contributed by atoms with Gasteiger partial charge in [-0.2, -0.15) is 0 Å². The number of pyridine rings is 2. The number of hydrogen-bond donors (Lipinski definition) is 3. The Bertz CT molecular complexity index is 1670. The molecule has 1 aliphatic rings. The third kappa shape index (κ3) is 6.57. The zero-order valence-electron chi connectivity index (χ0n) is 24.8. The van der Waals surface area contributed by atoms with Crippen LogP contribution in [0.15, 0.2) is 73.1 Å². The van der Waals surface area contributed by atoms with Gasteiger partial charge in [0.15, 0.2) is 5.82 Å². The fourth-order valence-electron chi connectivity index (χ4n) is 4.74. The standard InChI is InChI=1S/C32H36N8O3/c1-39(2)21-5-9-25-29(17-21)37-31(35-25)27-11-7-23(19-33-27)42-15-13-41-14-16-43-24-8-12-28(34-20-24)32-36-26-10-6-22(40(3)4)18-30(26)38-32/h5-12,17-20,31,35,37H,13-16H2,1-4H3,(H,36,38). The van der Waals surface area contributed by atoms with Gasteiger partial charge in [-0.1, -0.05) is 0 Å². The van der Waals surface area contributed by atoms with Crippen molar-refractivity contribution in [3.05, 3.63) is 78.8 Å². The Morgan fingerprint density at radius 1 is 0.698 bits per heavy atom. The average molecular weight is 581 g/mol. The molecule has 1 unspecified atom stereocenters. The lowest BCUT2D eigenvalue weighted by Crippen LogP contribution is -2.14. The van der Waals surface area contributed by atoms with Gasteiger partial charge in [0.2, 0.25) is 0 Å². The molecule has 4 heterocycles. The van der Waals surface area contributed by atoms with Crippen LogP contribution >= 0.6 is 0 Å². The molecule has 6 rings (SSSR count). The van der Waals surface area contributed by atoms with Gasteiger partial charge in [-0.05, 0) is 60.7 Å². The number of benzene rings is 2. The van der Waals surface area contributed by atoms with Gasteiger partial charge in [-0.25, -0.2) is 9.97 Å². The minimum absolute atomic E-state index is 0.0851. The molecule has 0 spiro atoms. The number of nitrogens with zero attached hydrogens (tertiary/aromatic N) is 5. The van der Waals surface area contributed by atoms with Crippen LogP contribution < -0.4 is 29.9 Å². The predicted octanol–water partition coefficient (Wildman–Crippen LogP) is 5.16. The Morgan fingerprint density at radius 2 is 1.37 bits per heavy atom. The van der Waals surface area contributed by atoms with Crippen molar-refractivity contribution in [2.45, 2.75) is 6.17 Å². The topological polar surface area (TPSA) is 113 Å². The van der Waals surface area contributed by atoms with E-state index in [0.29, 0.717) is 37.9 Å². The fourth-order valence-corrected chi connectivity index (χ4v) is 4.74. The molecule has 3 aromatic heterocycles. The first-order valence-corrected chi connectivity index (χ1v) is 14.2. The van der Waals surface area contributed by atoms with Crippen LogP contribution in [0.4, 0.5) is 22.7 Å². The first-order chi connectivity index (χ1) is 20.9. The summed E-state index contributed by atoms with van der Waals surface area (Å²) in [6, 6.07) is 20.1. The molecule has 0 amide bonds. The molecule has 43 heavy (non-hydrogen) atoms. The van der Waals surface area contributed by atoms with Crippen molar-refractivity contribution in [3.8, 4) is 23.0 Å². The van der Waals surface area contributed by atoms with Gasteiger partial charge in [-0.15, -0.1) is 0 Å². The maximum Gasteiger partial charge on any atom is 0.157 e. The van der Waals surface area contributed by atoms with Gasteiger partial charge in [0.25, 0.3) is 0 Å². The summed E-state index contributed by atoms with van der Waals surface area (Å²) in [5, 5.41) is 6.95. The first-order valence-electron chi connectivity index (χ1n) is 14.2. The van der Waals surface area contributed by atoms with E-state index < -0.39 is 0 Å². The van der Waals surface area contributed by atoms with Crippen LogP contribution in [-0.2, 0) is 4.74 Å². The fraction of sp³-hybridized carbons (Fsp3) is 0.281. The number of anilines is 4. The van der Waals surface area contributed by atoms with Crippen molar-refractivity contribution in [2.24, 2.45) is 0 Å². The molecule has 2 aromatic carbocycles. The van der Waals surface area contributed by atoms with Crippen LogP contribution in [0.1, 0.15) is 11.9 Å². The molecule has 0 radical (unpaired) electrons. The van der Waals surface area contributed by atoms with Gasteiger partial charge in [-0.3, -0.25) is 4.98 Å². The molecule has 0 saturated heterocycles. The Labute approximate surface area is 250 Å². The maximum absolute atomic E-state index is 5.79. The average Bonchev–Trinajstić information content (AvgIpc) is 3.65. The van der Waals surface area contributed by atoms with E-state index in [1.807, 2.05) is 64.6 Å². The molecule has 0 saturated carbocycles. The summed E-state index contributed by atoms with van der Waals surface area (Å²) in [6.45, 7) is 1.72. The normalized spacial score (nSPS) is 13.7. The van der Waals surface area contributed by atoms with Crippen molar-refractivity contribution in [2.75, 3.05) is 75.1 Å². The number of imidazole rings is 1. The second-order valence-electron chi connectivity index (χ2n) is 10.6. The van der Waals surface area contributed by atoms with Gasteiger partial charge >= 0.3 is 0 Å². The van der Waals surface area contributed by atoms with E-state index in [2.05, 4.69) is 64.6 Å². The lowest BCUT2D eigenvalue weighted by Gasteiger charge is -2.13. The molecule has 0 bridgehead atoms. The van der Waals surface area contributed by atoms with E-state index in [9.17, 15) is 0 Å². The molecule has 3 N–H and O–H groups in total. The van der Waals surface area contributed by atoms with Crippen molar-refractivity contribution in [1.29, 1.82) is 0 Å². The SMILES string of the molecule is CN(C)c1ccc2c(c1)NC(c1ccc(OCCOCCOc3ccc(-c4nc5ccc(N(C)C)cc5[nH]4)nc3)cn1)N2. The summed E-state index contributed by atoms with van der Waals surface area (Å²) in [4.78, 5) is 21.2. The number of H-pyrrole nitrogens is 1. The number of fused-ring (bicyclic) bond motifs is 2. The zero-order chi connectivity index (χ0) is 29.8. The Morgan fingerprint density at radius 3 is 2.05 bits per heavy atom. The van der Waals surface area contributed by atoms with E-state index in [4.69, 9.17) is 14.2 Å². The van der Waals surface area contributed by atoms with Crippen molar-refractivity contribution in [3.63, 3.8) is 0 Å². The minimum atomic E-state index is -0.0851. The lowest BCUT2D eigenvalue weighted by molar-refractivity contribution is 0.0762. The molecular formula is C32H36N8O3. The van der Waals surface area contributed by atoms with Gasteiger partial charge in [0, 0.05) is 39.6 Å². The van der Waals surface area contributed by atoms with E-state index in [1.165, 1.54) is 0 Å². The second kappa shape index (κ2) is 12.5. The van der Waals surface area contributed by atoms with Gasteiger partial charge in [0.1, 0.15) is 36.6 Å². The molecule has 1 aliphatic heterocycles. The highest BCUT2D eigenvalue weighted by Crippen LogP contribution is 2.37. The quantitative estimate of drug-likeness (QED) is 0.171. The Kier molecular flexibility index (Phi) is 8.14. The first kappa shape index (κ1) is 28.1. The lowest BCUT2D eigenvalue weighted by atomic mass is 10.2. The molecule has 5 aromatic rings. The molecule has 222 valence electrons. The molecule has 1 atom stereocenters. The van der Waals surface area contributed by atoms with Crippen LogP contribution in [0, 0.1) is 0 Å². The van der Waals surface area contributed by atoms with Gasteiger partial charge in [0.05, 0.1) is 53.7 Å². The molecule has 11 heteroatoms. The molecule has 0 aliphatic carbocycles. The van der Waals surface area contributed by atoms with E-state index in [0.717, 1.165) is 51.0 Å². The highest BCUT2D eigenvalue weighted by molar-refractivity contribution is 5.82. The number of aromatic nitrogens is 4. The van der Waals surface area contributed by atoms with Crippen molar-refractivity contribution in [1.82, 2.24) is 19.9 Å². The highest BCUT2D eigenvalue weighted by atomic mass is 16.5. The number of nitrogens with one attached hydrogen (secondary N) is 3. The van der Waals surface area contributed by atoms with Crippen LogP contribution in [-0.4, -0.2) is 74.6 Å². The molecular weight excluding hydrogens is 544 g/mol. The summed E-state index contributed by atoms with van der Waals surface area (Å²) < 4.78 is 17.2. The zero-order valence-corrected chi connectivity index (χ0v) is 24.8. The van der Waals surface area contributed by atoms with Crippen LogP contribution in [0.25, 0.3) is 22.6 Å². The van der Waals surface area contributed by atoms with Crippen LogP contribution in [0.2, 0.25) is 0 Å². The number of aromatic amines is 1. The summed E-state index contributed by atoms with van der Waals surface area (Å²) in [5.74, 6) is 2.10. The van der Waals surface area contributed by atoms with Gasteiger partial charge < -0.3 is 39.6 Å². The number of hydrogen-bond acceptors (Lipinski definition) is 10. The Hall–Kier alpha value is -5.03. The van der Waals surface area contributed by atoms with E-state index >= 15 is 0 Å². The number of rotatable bonds is 12. The second-order valence-corrected chi connectivity index (χ2v) is 10.6. The van der Waals surface area contributed by atoms with Crippen LogP contribution in [0.5, 0.6) is 11.5 Å². The smallest absolute Gasteiger partial charge is 0.157 e. The summed E-state index contributed by atoms with van der Waals surface area (Å²) >= 11 is 0. The minimum Gasteiger partial charge on any atom is -0.490 e. The maximum atomic E-state index is 5.79. The van der Waals surface area contributed by atoms with Crippen LogP contribution in [0.3, 0.4) is 0 Å². The summed E-state index contributed by atoms with van der Waals surface area (Å²) in [7, 11) is 8.09. The third-order valence-electron chi connectivity index (χ3n) is 7.13. The van der Waals surface area contributed by atoms with Crippen molar-refractivity contribution >= 4 is 33.8 Å². The monoisotopic (exact) mass is 580 g/mol. The predicted molar refractivity (Wildman–Crippen MR) is 170 cm³/mol. The third-order valence-corrected chi connectivity index (χ3v) is 7.13. The summed E-state index contributed by atoms with van der Waals surface area (Å²) in [6.07, 6.45) is 3.35. The highest BCUT2D eigenvalue weighted by Gasteiger charge is 2.22. The van der Waals surface area contributed by atoms with Crippen molar-refractivity contribution < 1.29 is 14.2 Å². The Balaban J connectivity index is 0.893. The van der Waals surface area contributed by atoms with E-state index in [1.54, 1.807) is 12.4 Å². The van der Waals surface area contributed by atoms with E-state index in [-0.39, 0.29) is 6.17 Å². The summed E-state index contributed by atoms with van der Waals surface area (Å²) in [5.41, 5.74) is 7.90. The molecule has 11 nitrogen and oxygen atoms in total. The largest absolute Gasteiger partial charge is 0.490 e. The number of ether oxygens (including phenoxy) is 3. The molecule has 0 fully saturated rings.